The molecule has 4 aromatic heterocycles. The smallest absolute Gasteiger partial charge is 0.192 e. The topological polar surface area (TPSA) is 48.0 Å². The lowest BCUT2D eigenvalue weighted by Gasteiger charge is -2.19. The third-order valence-corrected chi connectivity index (χ3v) is 6.67. The van der Waals surface area contributed by atoms with Crippen molar-refractivity contribution < 1.29 is 0 Å². The molecule has 0 N–H and O–H groups in total. The lowest BCUT2D eigenvalue weighted by Crippen LogP contribution is -2.10. The molecular weight excluding hydrogens is 342 g/mol. The summed E-state index contributed by atoms with van der Waals surface area (Å²) in [6.45, 7) is 4.43. The molecule has 0 amide bonds. The lowest BCUT2D eigenvalue weighted by molar-refractivity contribution is 0.446. The Bertz CT molecular complexity index is 1070. The minimum atomic E-state index is 0.559. The number of aryl methyl sites for hydroxylation is 1. The zero-order valence-electron chi connectivity index (χ0n) is 15.3. The van der Waals surface area contributed by atoms with Crippen LogP contribution in [0.5, 0.6) is 0 Å². The summed E-state index contributed by atoms with van der Waals surface area (Å²) in [5, 5.41) is 7.88. The molecule has 5 nitrogen and oxygen atoms in total. The Balaban J connectivity index is 1.73. The van der Waals surface area contributed by atoms with Crippen molar-refractivity contribution in [3.05, 3.63) is 35.1 Å². The Hall–Kier alpha value is -2.21. The van der Waals surface area contributed by atoms with Gasteiger partial charge in [-0.3, -0.25) is 0 Å². The van der Waals surface area contributed by atoms with Gasteiger partial charge in [0, 0.05) is 11.7 Å². The Morgan fingerprint density at radius 2 is 1.88 bits per heavy atom. The molecule has 1 aliphatic carbocycles. The average Bonchev–Trinajstić information content (AvgIpc) is 3.31. The number of hydrogen-bond donors (Lipinski definition) is 0. The molecule has 1 aliphatic rings. The Morgan fingerprint density at radius 1 is 1.08 bits per heavy atom. The molecule has 134 valence electrons. The second-order valence-corrected chi connectivity index (χ2v) is 8.30. The van der Waals surface area contributed by atoms with E-state index in [4.69, 9.17) is 9.97 Å². The van der Waals surface area contributed by atoms with Crippen molar-refractivity contribution in [2.24, 2.45) is 0 Å². The van der Waals surface area contributed by atoms with Crippen molar-refractivity contribution in [2.75, 3.05) is 0 Å². The van der Waals surface area contributed by atoms with Gasteiger partial charge < -0.3 is 4.57 Å². The largest absolute Gasteiger partial charge is 0.326 e. The van der Waals surface area contributed by atoms with Gasteiger partial charge in [0.2, 0.25) is 0 Å². The summed E-state index contributed by atoms with van der Waals surface area (Å²) < 4.78 is 4.32. The molecule has 0 bridgehead atoms. The summed E-state index contributed by atoms with van der Waals surface area (Å²) in [6, 6.07) is 4.67. The fourth-order valence-corrected chi connectivity index (χ4v) is 5.01. The van der Waals surface area contributed by atoms with Crippen LogP contribution in [0.2, 0.25) is 0 Å². The van der Waals surface area contributed by atoms with Gasteiger partial charge in [0.15, 0.2) is 11.5 Å². The minimum absolute atomic E-state index is 0.559. The molecule has 6 heteroatoms. The van der Waals surface area contributed by atoms with Gasteiger partial charge in [0.1, 0.15) is 12.0 Å². The van der Waals surface area contributed by atoms with E-state index in [1.165, 1.54) is 49.8 Å². The summed E-state index contributed by atoms with van der Waals surface area (Å²) in [4.78, 5) is 10.8. The molecule has 0 saturated heterocycles. The van der Waals surface area contributed by atoms with E-state index < -0.39 is 0 Å². The van der Waals surface area contributed by atoms with Crippen LogP contribution in [0.4, 0.5) is 0 Å². The molecular formula is C20H23N5S. The first-order chi connectivity index (χ1) is 12.7. The van der Waals surface area contributed by atoms with Gasteiger partial charge in [-0.15, -0.1) is 16.4 Å². The molecule has 0 aromatic carbocycles. The molecule has 0 atom stereocenters. The summed E-state index contributed by atoms with van der Waals surface area (Å²) in [5.41, 5.74) is 4.61. The number of rotatable bonds is 2. The molecule has 0 spiro atoms. The quantitative estimate of drug-likeness (QED) is 0.452. The van der Waals surface area contributed by atoms with Gasteiger partial charge in [0.25, 0.3) is 0 Å². The maximum atomic E-state index is 4.87. The van der Waals surface area contributed by atoms with Crippen LogP contribution in [0.3, 0.4) is 0 Å². The van der Waals surface area contributed by atoms with Crippen LogP contribution in [-0.4, -0.2) is 24.1 Å². The minimum Gasteiger partial charge on any atom is -0.326 e. The third kappa shape index (κ3) is 2.39. The van der Waals surface area contributed by atoms with Crippen LogP contribution < -0.4 is 0 Å². The van der Waals surface area contributed by atoms with E-state index in [1.54, 1.807) is 11.3 Å². The first kappa shape index (κ1) is 16.0. The van der Waals surface area contributed by atoms with Crippen molar-refractivity contribution in [1.29, 1.82) is 0 Å². The van der Waals surface area contributed by atoms with Gasteiger partial charge in [-0.25, -0.2) is 14.5 Å². The zero-order valence-corrected chi connectivity index (χ0v) is 16.1. The monoisotopic (exact) mass is 365 g/mol. The maximum absolute atomic E-state index is 4.87. The van der Waals surface area contributed by atoms with E-state index in [0.29, 0.717) is 6.04 Å². The highest BCUT2D eigenvalue weighted by molar-refractivity contribution is 7.13. The van der Waals surface area contributed by atoms with E-state index in [9.17, 15) is 0 Å². The highest BCUT2D eigenvalue weighted by Crippen LogP contribution is 2.35. The van der Waals surface area contributed by atoms with E-state index in [1.807, 2.05) is 16.9 Å². The standard InChI is InChI=1S/C20H23N5S/c1-13-14(2)25(15-8-5-3-4-6-9-15)19-17(13)20-22-18(16-10-7-11-26-16)23-24(20)12-21-19/h7,10-12,15H,3-6,8-9H2,1-2H3. The van der Waals surface area contributed by atoms with Crippen LogP contribution in [0.1, 0.15) is 55.8 Å². The first-order valence-electron chi connectivity index (χ1n) is 9.50. The molecule has 4 heterocycles. The van der Waals surface area contributed by atoms with E-state index in [2.05, 4.69) is 35.0 Å². The fraction of sp³-hybridized carbons (Fsp3) is 0.450. The second kappa shape index (κ2) is 6.20. The SMILES string of the molecule is Cc1c(C)n(C2CCCCCC2)c2ncn3nc(-c4cccs4)nc3c12. The second-order valence-electron chi connectivity index (χ2n) is 7.35. The average molecular weight is 366 g/mol. The Morgan fingerprint density at radius 3 is 2.62 bits per heavy atom. The van der Waals surface area contributed by atoms with Gasteiger partial charge >= 0.3 is 0 Å². The molecule has 0 radical (unpaired) electrons. The molecule has 0 unspecified atom stereocenters. The number of hydrogen-bond acceptors (Lipinski definition) is 4. The Labute approximate surface area is 156 Å². The fourth-order valence-electron chi connectivity index (χ4n) is 4.36. The summed E-state index contributed by atoms with van der Waals surface area (Å²) >= 11 is 1.67. The van der Waals surface area contributed by atoms with Crippen LogP contribution >= 0.6 is 11.3 Å². The number of thiophene rings is 1. The van der Waals surface area contributed by atoms with E-state index in [0.717, 1.165) is 27.4 Å². The molecule has 5 rings (SSSR count). The van der Waals surface area contributed by atoms with Crippen molar-refractivity contribution in [1.82, 2.24) is 24.1 Å². The maximum Gasteiger partial charge on any atom is 0.192 e. The summed E-state index contributed by atoms with van der Waals surface area (Å²) in [7, 11) is 0. The van der Waals surface area contributed by atoms with Gasteiger partial charge in [-0.2, -0.15) is 0 Å². The molecule has 4 aromatic rings. The van der Waals surface area contributed by atoms with Crippen LogP contribution in [0, 0.1) is 13.8 Å². The molecule has 26 heavy (non-hydrogen) atoms. The summed E-state index contributed by atoms with van der Waals surface area (Å²) in [6.07, 6.45) is 9.69. The normalized spacial score (nSPS) is 16.5. The van der Waals surface area contributed by atoms with E-state index >= 15 is 0 Å². The van der Waals surface area contributed by atoms with Gasteiger partial charge in [0.05, 0.1) is 10.3 Å². The number of aromatic nitrogens is 5. The lowest BCUT2D eigenvalue weighted by atomic mass is 10.1. The third-order valence-electron chi connectivity index (χ3n) is 5.81. The predicted molar refractivity (Wildman–Crippen MR) is 106 cm³/mol. The predicted octanol–water partition coefficient (Wildman–Crippen LogP) is 5.32. The van der Waals surface area contributed by atoms with Gasteiger partial charge in [-0.1, -0.05) is 31.7 Å². The molecule has 1 saturated carbocycles. The zero-order chi connectivity index (χ0) is 17.7. The number of fused-ring (bicyclic) bond motifs is 3. The number of nitrogens with zero attached hydrogens (tertiary/aromatic N) is 5. The van der Waals surface area contributed by atoms with Crippen molar-refractivity contribution in [2.45, 2.75) is 58.4 Å². The van der Waals surface area contributed by atoms with Crippen molar-refractivity contribution in [3.63, 3.8) is 0 Å². The Kier molecular flexibility index (Phi) is 3.81. The molecule has 1 fully saturated rings. The van der Waals surface area contributed by atoms with Crippen LogP contribution in [-0.2, 0) is 0 Å². The van der Waals surface area contributed by atoms with E-state index in [-0.39, 0.29) is 0 Å². The van der Waals surface area contributed by atoms with Crippen molar-refractivity contribution >= 4 is 28.0 Å². The van der Waals surface area contributed by atoms with Crippen LogP contribution in [0.25, 0.3) is 27.4 Å². The highest BCUT2D eigenvalue weighted by atomic mass is 32.1. The highest BCUT2D eigenvalue weighted by Gasteiger charge is 2.23. The first-order valence-corrected chi connectivity index (χ1v) is 10.4. The van der Waals surface area contributed by atoms with Crippen molar-refractivity contribution in [3.8, 4) is 10.7 Å². The molecule has 0 aliphatic heterocycles. The van der Waals surface area contributed by atoms with Crippen LogP contribution in [0.15, 0.2) is 23.8 Å². The van der Waals surface area contributed by atoms with Gasteiger partial charge in [-0.05, 0) is 43.7 Å². The summed E-state index contributed by atoms with van der Waals surface area (Å²) in [5.74, 6) is 0.786.